The molecule has 6 nitrogen and oxygen atoms in total. The van der Waals surface area contributed by atoms with E-state index in [1.807, 2.05) is 19.9 Å². The van der Waals surface area contributed by atoms with Gasteiger partial charge in [-0.1, -0.05) is 0 Å². The summed E-state index contributed by atoms with van der Waals surface area (Å²) in [7, 11) is -3.28. The Bertz CT molecular complexity index is 653. The molecule has 0 aliphatic rings. The summed E-state index contributed by atoms with van der Waals surface area (Å²) in [4.78, 5) is 8.49. The van der Waals surface area contributed by atoms with Gasteiger partial charge in [0.2, 0.25) is 5.95 Å². The van der Waals surface area contributed by atoms with Crippen molar-refractivity contribution in [3.05, 3.63) is 41.7 Å². The van der Waals surface area contributed by atoms with Crippen LogP contribution in [0.4, 0.5) is 11.6 Å². The Kier molecular flexibility index (Phi) is 4.60. The Labute approximate surface area is 124 Å². The molecule has 1 heterocycles. The lowest BCUT2D eigenvalue weighted by molar-refractivity contribution is 0.344. The second-order valence-corrected chi connectivity index (χ2v) is 6.75. The second kappa shape index (κ2) is 6.24. The fraction of sp³-hybridized carbons (Fsp3) is 0.286. The molecule has 7 heteroatoms. The molecule has 1 atom stereocenters. The fourth-order valence-electron chi connectivity index (χ4n) is 1.93. The van der Waals surface area contributed by atoms with Crippen LogP contribution in [-0.2, 0) is 9.09 Å². The number of nitrogen functional groups attached to an aromatic ring is 1. The summed E-state index contributed by atoms with van der Waals surface area (Å²) >= 11 is 0. The van der Waals surface area contributed by atoms with Crippen LogP contribution < -0.4 is 16.1 Å². The molecule has 112 valence electrons. The van der Waals surface area contributed by atoms with Gasteiger partial charge in [0.1, 0.15) is 0 Å². The Balaban J connectivity index is 2.38. The standard InChI is InChI=1S/C14H19N4O2P/c1-4-20-21(19,13-7-5-12(15)6-8-13)18-14-16-10(2)9-11(3)17-14/h5-9H,4,15H2,1-3H3,(H,16,17,18,19). The van der Waals surface area contributed by atoms with Gasteiger partial charge in [0.25, 0.3) is 0 Å². The van der Waals surface area contributed by atoms with Crippen LogP contribution in [0.25, 0.3) is 0 Å². The van der Waals surface area contributed by atoms with Crippen LogP contribution in [0.3, 0.4) is 0 Å². The van der Waals surface area contributed by atoms with Crippen LogP contribution >= 0.6 is 7.52 Å². The molecular weight excluding hydrogens is 287 g/mol. The Hall–Kier alpha value is -1.91. The van der Waals surface area contributed by atoms with Crippen molar-refractivity contribution in [2.24, 2.45) is 0 Å². The first kappa shape index (κ1) is 15.5. The summed E-state index contributed by atoms with van der Waals surface area (Å²) < 4.78 is 18.5. The first-order chi connectivity index (χ1) is 9.93. The molecule has 0 fully saturated rings. The smallest absolute Gasteiger partial charge is 0.326 e. The number of nitrogens with one attached hydrogen (secondary N) is 1. The van der Waals surface area contributed by atoms with Gasteiger partial charge in [0.15, 0.2) is 0 Å². The maximum Gasteiger partial charge on any atom is 0.326 e. The van der Waals surface area contributed by atoms with Crippen molar-refractivity contribution in [1.29, 1.82) is 0 Å². The maximum atomic E-state index is 13.1. The van der Waals surface area contributed by atoms with Crippen molar-refractivity contribution in [2.45, 2.75) is 20.8 Å². The van der Waals surface area contributed by atoms with Gasteiger partial charge in [0, 0.05) is 17.1 Å². The number of hydrogen-bond donors (Lipinski definition) is 2. The number of nitrogens with zero attached hydrogens (tertiary/aromatic N) is 2. The van der Waals surface area contributed by atoms with Gasteiger partial charge in [-0.3, -0.25) is 9.65 Å². The van der Waals surface area contributed by atoms with Gasteiger partial charge in [-0.25, -0.2) is 9.97 Å². The van der Waals surface area contributed by atoms with E-state index in [1.54, 1.807) is 31.2 Å². The van der Waals surface area contributed by atoms with Gasteiger partial charge in [0.05, 0.1) is 11.9 Å². The zero-order valence-corrected chi connectivity index (χ0v) is 13.2. The summed E-state index contributed by atoms with van der Waals surface area (Å²) in [6.45, 7) is 5.80. The maximum absolute atomic E-state index is 13.1. The van der Waals surface area contributed by atoms with E-state index < -0.39 is 7.52 Å². The molecule has 0 radical (unpaired) electrons. The zero-order chi connectivity index (χ0) is 15.5. The number of aryl methyl sites for hydroxylation is 2. The van der Waals surface area contributed by atoms with E-state index in [-0.39, 0.29) is 0 Å². The summed E-state index contributed by atoms with van der Waals surface area (Å²) in [6.07, 6.45) is 0. The van der Waals surface area contributed by atoms with E-state index in [9.17, 15) is 4.57 Å². The van der Waals surface area contributed by atoms with Crippen LogP contribution in [0.15, 0.2) is 30.3 Å². The highest BCUT2D eigenvalue weighted by atomic mass is 31.2. The number of anilines is 2. The van der Waals surface area contributed by atoms with E-state index in [4.69, 9.17) is 10.3 Å². The van der Waals surface area contributed by atoms with Gasteiger partial charge >= 0.3 is 7.52 Å². The van der Waals surface area contributed by atoms with Crippen molar-refractivity contribution in [3.63, 3.8) is 0 Å². The van der Waals surface area contributed by atoms with Crippen LogP contribution in [0.1, 0.15) is 18.3 Å². The monoisotopic (exact) mass is 306 g/mol. The van der Waals surface area contributed by atoms with Gasteiger partial charge in [-0.2, -0.15) is 0 Å². The highest BCUT2D eigenvalue weighted by Crippen LogP contribution is 2.44. The van der Waals surface area contributed by atoms with E-state index in [0.717, 1.165) is 11.4 Å². The van der Waals surface area contributed by atoms with E-state index in [0.29, 0.717) is 23.5 Å². The van der Waals surface area contributed by atoms with Crippen molar-refractivity contribution >= 4 is 24.5 Å². The molecule has 1 aromatic heterocycles. The Morgan fingerprint density at radius 3 is 2.29 bits per heavy atom. The first-order valence-corrected chi connectivity index (χ1v) is 8.26. The first-order valence-electron chi connectivity index (χ1n) is 6.64. The van der Waals surface area contributed by atoms with Gasteiger partial charge in [-0.15, -0.1) is 0 Å². The van der Waals surface area contributed by atoms with E-state index in [2.05, 4.69) is 15.1 Å². The molecule has 0 aliphatic heterocycles. The number of hydrogen-bond acceptors (Lipinski definition) is 5. The summed E-state index contributed by atoms with van der Waals surface area (Å²) in [5.74, 6) is 0.293. The molecular formula is C14H19N4O2P. The number of benzene rings is 1. The number of rotatable bonds is 5. The highest BCUT2D eigenvalue weighted by Gasteiger charge is 2.27. The lowest BCUT2D eigenvalue weighted by atomic mass is 10.3. The van der Waals surface area contributed by atoms with E-state index in [1.165, 1.54) is 0 Å². The molecule has 21 heavy (non-hydrogen) atoms. The molecule has 0 spiro atoms. The number of aromatic nitrogens is 2. The minimum Gasteiger partial charge on any atom is -0.399 e. The van der Waals surface area contributed by atoms with Crippen molar-refractivity contribution in [2.75, 3.05) is 17.4 Å². The molecule has 2 aromatic rings. The summed E-state index contributed by atoms with van der Waals surface area (Å²) in [5, 5.41) is 3.37. The fourth-order valence-corrected chi connectivity index (χ4v) is 3.54. The highest BCUT2D eigenvalue weighted by molar-refractivity contribution is 7.68. The van der Waals surface area contributed by atoms with Crippen molar-refractivity contribution in [3.8, 4) is 0 Å². The molecule has 3 N–H and O–H groups in total. The average molecular weight is 306 g/mol. The molecule has 0 saturated heterocycles. The van der Waals surface area contributed by atoms with Crippen LogP contribution in [-0.4, -0.2) is 16.6 Å². The SMILES string of the molecule is CCOP(=O)(Nc1nc(C)cc(C)n1)c1ccc(N)cc1. The van der Waals surface area contributed by atoms with Crippen molar-refractivity contribution in [1.82, 2.24) is 9.97 Å². The largest absolute Gasteiger partial charge is 0.399 e. The molecule has 0 aliphatic carbocycles. The Morgan fingerprint density at radius 1 is 1.19 bits per heavy atom. The third-order valence-corrected chi connectivity index (χ3v) is 4.87. The molecule has 1 aromatic carbocycles. The quantitative estimate of drug-likeness (QED) is 0.652. The van der Waals surface area contributed by atoms with Crippen molar-refractivity contribution < 1.29 is 9.09 Å². The lowest BCUT2D eigenvalue weighted by Crippen LogP contribution is -2.16. The molecule has 0 bridgehead atoms. The normalized spacial score (nSPS) is 13.7. The zero-order valence-electron chi connectivity index (χ0n) is 12.3. The molecule has 2 rings (SSSR count). The predicted octanol–water partition coefficient (Wildman–Crippen LogP) is 2.64. The Morgan fingerprint density at radius 2 is 1.76 bits per heavy atom. The third kappa shape index (κ3) is 3.80. The minimum atomic E-state index is -3.28. The predicted molar refractivity (Wildman–Crippen MR) is 84.8 cm³/mol. The summed E-state index contributed by atoms with van der Waals surface area (Å²) in [6, 6.07) is 8.58. The van der Waals surface area contributed by atoms with Gasteiger partial charge in [-0.05, 0) is 51.1 Å². The molecule has 1 unspecified atom stereocenters. The molecule has 0 amide bonds. The van der Waals surface area contributed by atoms with Crippen LogP contribution in [0.5, 0.6) is 0 Å². The second-order valence-electron chi connectivity index (χ2n) is 4.65. The minimum absolute atomic E-state index is 0.293. The third-order valence-electron chi connectivity index (χ3n) is 2.77. The molecule has 0 saturated carbocycles. The topological polar surface area (TPSA) is 90.1 Å². The summed E-state index contributed by atoms with van der Waals surface area (Å²) in [5.41, 5.74) is 7.86. The van der Waals surface area contributed by atoms with Crippen LogP contribution in [0, 0.1) is 13.8 Å². The van der Waals surface area contributed by atoms with Crippen LogP contribution in [0.2, 0.25) is 0 Å². The van der Waals surface area contributed by atoms with E-state index >= 15 is 0 Å². The lowest BCUT2D eigenvalue weighted by Gasteiger charge is -2.19. The number of nitrogens with two attached hydrogens (primary N) is 1. The average Bonchev–Trinajstić information content (AvgIpc) is 2.38. The van der Waals surface area contributed by atoms with Gasteiger partial charge < -0.3 is 10.3 Å².